The first-order valence-corrected chi connectivity index (χ1v) is 8.92. The highest BCUT2D eigenvalue weighted by Crippen LogP contribution is 2.40. The van der Waals surface area contributed by atoms with Crippen molar-refractivity contribution in [1.82, 2.24) is 9.36 Å². The average molecular weight is 356 g/mol. The van der Waals surface area contributed by atoms with Crippen molar-refractivity contribution in [2.45, 2.75) is 31.3 Å². The van der Waals surface area contributed by atoms with E-state index in [0.29, 0.717) is 16.0 Å². The molecule has 22 heavy (non-hydrogen) atoms. The summed E-state index contributed by atoms with van der Waals surface area (Å²) in [6, 6.07) is 5.38. The van der Waals surface area contributed by atoms with Gasteiger partial charge in [0.15, 0.2) is 0 Å². The molecule has 7 heteroatoms. The first-order valence-electron chi connectivity index (χ1n) is 7.39. The number of rotatable bonds is 4. The minimum atomic E-state index is 0.144. The van der Waals surface area contributed by atoms with Crippen molar-refractivity contribution >= 4 is 39.9 Å². The fourth-order valence-corrected chi connectivity index (χ4v) is 3.67. The van der Waals surface area contributed by atoms with E-state index in [9.17, 15) is 0 Å². The van der Waals surface area contributed by atoms with Crippen LogP contribution in [0.2, 0.25) is 10.0 Å². The maximum atomic E-state index is 6.02. The zero-order chi connectivity index (χ0) is 15.1. The van der Waals surface area contributed by atoms with Gasteiger partial charge in [-0.15, -0.1) is 0 Å². The summed E-state index contributed by atoms with van der Waals surface area (Å²) in [5.74, 6) is 2.39. The molecule has 116 valence electrons. The van der Waals surface area contributed by atoms with Gasteiger partial charge in [0.2, 0.25) is 5.13 Å². The van der Waals surface area contributed by atoms with E-state index in [1.54, 1.807) is 12.1 Å². The maximum Gasteiger partial charge on any atom is 0.205 e. The lowest BCUT2D eigenvalue weighted by Gasteiger charge is -2.16. The fourth-order valence-electron chi connectivity index (χ4n) is 2.60. The Labute approximate surface area is 143 Å². The predicted octanol–water partition coefficient (Wildman–Crippen LogP) is 4.38. The van der Waals surface area contributed by atoms with Gasteiger partial charge in [-0.1, -0.05) is 23.2 Å². The summed E-state index contributed by atoms with van der Waals surface area (Å²) in [5, 5.41) is 2.08. The van der Waals surface area contributed by atoms with Crippen LogP contribution in [-0.4, -0.2) is 28.6 Å². The zero-order valence-electron chi connectivity index (χ0n) is 11.8. The molecule has 1 saturated carbocycles. The number of anilines is 1. The summed E-state index contributed by atoms with van der Waals surface area (Å²) >= 11 is 13.4. The second-order valence-corrected chi connectivity index (χ2v) is 7.30. The van der Waals surface area contributed by atoms with Crippen LogP contribution in [0.4, 0.5) is 5.13 Å². The second kappa shape index (κ2) is 5.87. The fraction of sp³-hybridized carbons (Fsp3) is 0.467. The summed E-state index contributed by atoms with van der Waals surface area (Å²) in [6.45, 7) is 1.78. The van der Waals surface area contributed by atoms with Crippen LogP contribution in [0.15, 0.2) is 18.2 Å². The zero-order valence-corrected chi connectivity index (χ0v) is 14.2. The van der Waals surface area contributed by atoms with Gasteiger partial charge in [0, 0.05) is 36.5 Å². The molecule has 0 amide bonds. The Balaban J connectivity index is 1.39. The average Bonchev–Trinajstić information content (AvgIpc) is 3.06. The van der Waals surface area contributed by atoms with Crippen LogP contribution in [0, 0.1) is 0 Å². The summed E-state index contributed by atoms with van der Waals surface area (Å²) in [4.78, 5) is 6.92. The van der Waals surface area contributed by atoms with Crippen molar-refractivity contribution in [2.24, 2.45) is 0 Å². The highest BCUT2D eigenvalue weighted by molar-refractivity contribution is 7.09. The van der Waals surface area contributed by atoms with E-state index in [1.807, 2.05) is 6.07 Å². The van der Waals surface area contributed by atoms with Crippen LogP contribution in [0.25, 0.3) is 0 Å². The summed E-state index contributed by atoms with van der Waals surface area (Å²) in [6.07, 6.45) is 3.59. The van der Waals surface area contributed by atoms with Crippen LogP contribution in [0.3, 0.4) is 0 Å². The largest absolute Gasteiger partial charge is 0.488 e. The monoisotopic (exact) mass is 355 g/mol. The Morgan fingerprint density at radius 3 is 2.82 bits per heavy atom. The number of ether oxygens (including phenoxy) is 1. The molecule has 1 aromatic carbocycles. The first-order chi connectivity index (χ1) is 10.7. The maximum absolute atomic E-state index is 6.02. The quantitative estimate of drug-likeness (QED) is 0.815. The molecule has 1 aromatic heterocycles. The van der Waals surface area contributed by atoms with Gasteiger partial charge in [-0.05, 0) is 25.0 Å². The van der Waals surface area contributed by atoms with Gasteiger partial charge in [0.25, 0.3) is 0 Å². The molecule has 1 atom stereocenters. The van der Waals surface area contributed by atoms with Crippen LogP contribution in [0.5, 0.6) is 5.75 Å². The smallest absolute Gasteiger partial charge is 0.205 e. The van der Waals surface area contributed by atoms with E-state index in [-0.39, 0.29) is 6.10 Å². The van der Waals surface area contributed by atoms with Crippen molar-refractivity contribution < 1.29 is 4.74 Å². The van der Waals surface area contributed by atoms with E-state index in [1.165, 1.54) is 24.4 Å². The van der Waals surface area contributed by atoms with Crippen molar-refractivity contribution in [3.63, 3.8) is 0 Å². The summed E-state index contributed by atoms with van der Waals surface area (Å²) in [7, 11) is 0. The minimum absolute atomic E-state index is 0.144. The molecule has 1 aliphatic carbocycles. The standard InChI is InChI=1S/C15H15Cl2N3OS/c16-12-4-3-10(7-13(12)17)21-11-5-6-20(8-11)15-18-14(19-22-15)9-1-2-9/h3-4,7,9,11H,1-2,5-6,8H2. The lowest BCUT2D eigenvalue weighted by Crippen LogP contribution is -2.24. The third-order valence-corrected chi connectivity index (χ3v) is 5.51. The van der Waals surface area contributed by atoms with Crippen molar-refractivity contribution in [2.75, 3.05) is 18.0 Å². The molecule has 2 heterocycles. The topological polar surface area (TPSA) is 38.2 Å². The Bertz CT molecular complexity index is 689. The molecule has 0 radical (unpaired) electrons. The van der Waals surface area contributed by atoms with Crippen molar-refractivity contribution in [3.8, 4) is 5.75 Å². The number of benzene rings is 1. The van der Waals surface area contributed by atoms with Gasteiger partial charge in [0.1, 0.15) is 17.7 Å². The number of nitrogens with zero attached hydrogens (tertiary/aromatic N) is 3. The normalized spacial score (nSPS) is 21.4. The minimum Gasteiger partial charge on any atom is -0.488 e. The van der Waals surface area contributed by atoms with E-state index >= 15 is 0 Å². The van der Waals surface area contributed by atoms with Crippen molar-refractivity contribution in [1.29, 1.82) is 0 Å². The molecule has 1 aliphatic heterocycles. The molecule has 0 N–H and O–H groups in total. The number of halogens is 2. The van der Waals surface area contributed by atoms with E-state index < -0.39 is 0 Å². The van der Waals surface area contributed by atoms with Gasteiger partial charge in [0.05, 0.1) is 16.6 Å². The Kier molecular flexibility index (Phi) is 3.88. The highest BCUT2D eigenvalue weighted by atomic mass is 35.5. The van der Waals surface area contributed by atoms with E-state index in [0.717, 1.165) is 36.2 Å². The molecule has 4 nitrogen and oxygen atoms in total. The van der Waals surface area contributed by atoms with E-state index in [2.05, 4.69) is 14.3 Å². The van der Waals surface area contributed by atoms with Crippen LogP contribution >= 0.6 is 34.7 Å². The van der Waals surface area contributed by atoms with Gasteiger partial charge in [-0.2, -0.15) is 4.37 Å². The van der Waals surface area contributed by atoms with E-state index in [4.69, 9.17) is 27.9 Å². The molecule has 4 rings (SSSR count). The predicted molar refractivity (Wildman–Crippen MR) is 89.6 cm³/mol. The first kappa shape index (κ1) is 14.5. The molecular formula is C15H15Cl2N3OS. The molecule has 1 saturated heterocycles. The lowest BCUT2D eigenvalue weighted by molar-refractivity contribution is 0.225. The molecule has 2 aromatic rings. The molecule has 1 unspecified atom stereocenters. The van der Waals surface area contributed by atoms with Crippen LogP contribution < -0.4 is 9.64 Å². The number of aromatic nitrogens is 2. The van der Waals surface area contributed by atoms with Gasteiger partial charge in [-0.25, -0.2) is 4.98 Å². The Morgan fingerprint density at radius 1 is 1.18 bits per heavy atom. The Hall–Kier alpha value is -1.04. The molecule has 0 spiro atoms. The second-order valence-electron chi connectivity index (χ2n) is 5.76. The molecule has 2 aliphatic rings. The lowest BCUT2D eigenvalue weighted by atomic mass is 10.3. The van der Waals surface area contributed by atoms with Crippen LogP contribution in [0.1, 0.15) is 31.0 Å². The summed E-state index contributed by atoms with van der Waals surface area (Å²) < 4.78 is 10.5. The van der Waals surface area contributed by atoms with Crippen molar-refractivity contribution in [3.05, 3.63) is 34.1 Å². The van der Waals surface area contributed by atoms with Gasteiger partial charge < -0.3 is 9.64 Å². The Morgan fingerprint density at radius 2 is 2.05 bits per heavy atom. The SMILES string of the molecule is Clc1ccc(OC2CCN(c3nc(C4CC4)ns3)C2)cc1Cl. The van der Waals surface area contributed by atoms with Crippen LogP contribution in [-0.2, 0) is 0 Å². The molecule has 0 bridgehead atoms. The van der Waals surface area contributed by atoms with Gasteiger partial charge >= 0.3 is 0 Å². The number of hydrogen-bond acceptors (Lipinski definition) is 5. The summed E-state index contributed by atoms with van der Waals surface area (Å²) in [5.41, 5.74) is 0. The number of hydrogen-bond donors (Lipinski definition) is 0. The molecule has 2 fully saturated rings. The van der Waals surface area contributed by atoms with Gasteiger partial charge in [-0.3, -0.25) is 0 Å². The highest BCUT2D eigenvalue weighted by Gasteiger charge is 2.31. The third kappa shape index (κ3) is 3.03. The molecular weight excluding hydrogens is 341 g/mol. The third-order valence-electron chi connectivity index (χ3n) is 3.98.